The van der Waals surface area contributed by atoms with Crippen molar-refractivity contribution in [3.05, 3.63) is 58.4 Å². The number of carbonyl (C=O) groups excluding carboxylic acids is 1. The summed E-state index contributed by atoms with van der Waals surface area (Å²) in [7, 11) is 6.79. The molecule has 2 aromatic carbocycles. The molecule has 1 N–H and O–H groups in total. The van der Waals surface area contributed by atoms with Crippen LogP contribution in [0.15, 0.2) is 35.9 Å². The Bertz CT molecular complexity index is 1160. The smallest absolute Gasteiger partial charge is 0.224 e. The normalized spacial score (nSPS) is 19.0. The Labute approximate surface area is 206 Å². The maximum Gasteiger partial charge on any atom is 0.224 e. The fourth-order valence-corrected chi connectivity index (χ4v) is 5.06. The molecule has 2 aromatic rings. The second-order valence-electron chi connectivity index (χ2n) is 9.16. The molecule has 1 atom stereocenters. The van der Waals surface area contributed by atoms with Crippen molar-refractivity contribution in [2.24, 2.45) is 0 Å². The highest BCUT2D eigenvalue weighted by Gasteiger charge is 2.27. The van der Waals surface area contributed by atoms with Gasteiger partial charge in [0.2, 0.25) is 11.7 Å². The highest BCUT2D eigenvalue weighted by molar-refractivity contribution is 6.08. The second kappa shape index (κ2) is 10.5. The van der Waals surface area contributed by atoms with Gasteiger partial charge in [-0.1, -0.05) is 6.07 Å². The van der Waals surface area contributed by atoms with Crippen LogP contribution in [0.3, 0.4) is 0 Å². The summed E-state index contributed by atoms with van der Waals surface area (Å²) < 4.78 is 30.7. The molecule has 4 rings (SSSR count). The van der Waals surface area contributed by atoms with E-state index in [0.29, 0.717) is 17.2 Å². The molecule has 1 saturated heterocycles. The van der Waals surface area contributed by atoms with Crippen LogP contribution < -0.4 is 19.5 Å². The average molecular weight is 481 g/mol. The van der Waals surface area contributed by atoms with E-state index in [0.717, 1.165) is 59.3 Å². The van der Waals surface area contributed by atoms with Crippen molar-refractivity contribution in [2.45, 2.75) is 32.2 Å². The first-order valence-electron chi connectivity index (χ1n) is 11.8. The average Bonchev–Trinajstić information content (AvgIpc) is 3.08. The Hall–Kier alpha value is -3.32. The SMILES string of the molecule is COc1cc(/C=C2/C(C)=C(CC(=O)NC3CCCN(C)C3)c3cc(F)ccc32)cc(OC)c1OC. The van der Waals surface area contributed by atoms with Crippen molar-refractivity contribution < 1.29 is 23.4 Å². The molecular weight excluding hydrogens is 447 g/mol. The zero-order valence-corrected chi connectivity index (χ0v) is 21.0. The summed E-state index contributed by atoms with van der Waals surface area (Å²) in [5, 5.41) is 3.17. The maximum atomic E-state index is 14.3. The van der Waals surface area contributed by atoms with Gasteiger partial charge in [0.05, 0.1) is 27.8 Å². The van der Waals surface area contributed by atoms with Crippen molar-refractivity contribution in [3.8, 4) is 17.2 Å². The molecule has 1 unspecified atom stereocenters. The number of methoxy groups -OCH3 is 3. The van der Waals surface area contributed by atoms with Crippen molar-refractivity contribution in [1.82, 2.24) is 10.2 Å². The number of rotatable bonds is 7. The van der Waals surface area contributed by atoms with Crippen molar-refractivity contribution in [2.75, 3.05) is 41.5 Å². The fraction of sp³-hybridized carbons (Fsp3) is 0.393. The predicted molar refractivity (Wildman–Crippen MR) is 136 cm³/mol. The molecule has 1 aliphatic carbocycles. The number of carbonyl (C=O) groups is 1. The molecule has 7 heteroatoms. The Kier molecular flexibility index (Phi) is 7.45. The maximum absolute atomic E-state index is 14.3. The quantitative estimate of drug-likeness (QED) is 0.618. The highest BCUT2D eigenvalue weighted by Crippen LogP contribution is 2.45. The molecule has 0 radical (unpaired) electrons. The summed E-state index contributed by atoms with van der Waals surface area (Å²) in [6.07, 6.45) is 4.26. The summed E-state index contributed by atoms with van der Waals surface area (Å²) in [4.78, 5) is 15.2. The summed E-state index contributed by atoms with van der Waals surface area (Å²) in [6, 6.07) is 8.63. The van der Waals surface area contributed by atoms with Crippen LogP contribution in [0.5, 0.6) is 17.2 Å². The standard InChI is InChI=1S/C28H33FN2O4/c1-17-22(11-18-12-25(33-3)28(35-5)26(13-18)34-4)21-9-8-19(29)14-24(21)23(17)15-27(32)30-20-7-6-10-31(2)16-20/h8-9,11-14,20H,6-7,10,15-16H2,1-5H3,(H,30,32)/b22-11-. The third-order valence-electron chi connectivity index (χ3n) is 6.78. The van der Waals surface area contributed by atoms with E-state index in [1.807, 2.05) is 25.1 Å². The van der Waals surface area contributed by atoms with Crippen LogP contribution in [0.4, 0.5) is 4.39 Å². The molecule has 2 aliphatic rings. The van der Waals surface area contributed by atoms with Gasteiger partial charge in [0, 0.05) is 12.6 Å². The zero-order chi connectivity index (χ0) is 25.1. The topological polar surface area (TPSA) is 60.0 Å². The lowest BCUT2D eigenvalue weighted by atomic mass is 10.00. The third-order valence-corrected chi connectivity index (χ3v) is 6.78. The number of hydrogen-bond donors (Lipinski definition) is 1. The van der Waals surface area contributed by atoms with E-state index in [9.17, 15) is 9.18 Å². The Morgan fingerprint density at radius 1 is 1.11 bits per heavy atom. The summed E-state index contributed by atoms with van der Waals surface area (Å²) in [5.74, 6) is 1.26. The van der Waals surface area contributed by atoms with Gasteiger partial charge in [-0.05, 0) is 97.1 Å². The van der Waals surface area contributed by atoms with Crippen LogP contribution in [0, 0.1) is 5.82 Å². The molecule has 1 aliphatic heterocycles. The second-order valence-corrected chi connectivity index (χ2v) is 9.16. The van der Waals surface area contributed by atoms with Gasteiger partial charge in [-0.25, -0.2) is 4.39 Å². The number of ether oxygens (including phenoxy) is 3. The van der Waals surface area contributed by atoms with Gasteiger partial charge in [-0.15, -0.1) is 0 Å². The first kappa shape index (κ1) is 24.8. The molecule has 1 fully saturated rings. The van der Waals surface area contributed by atoms with Gasteiger partial charge >= 0.3 is 0 Å². The lowest BCUT2D eigenvalue weighted by molar-refractivity contribution is -0.121. The number of nitrogens with zero attached hydrogens (tertiary/aromatic N) is 1. The monoisotopic (exact) mass is 480 g/mol. The van der Waals surface area contributed by atoms with Crippen LogP contribution in [-0.2, 0) is 4.79 Å². The number of likely N-dealkylation sites (N-methyl/N-ethyl adjacent to an activating group) is 1. The number of hydrogen-bond acceptors (Lipinski definition) is 5. The van der Waals surface area contributed by atoms with Gasteiger partial charge in [-0.2, -0.15) is 0 Å². The van der Waals surface area contributed by atoms with Crippen LogP contribution in [-0.4, -0.2) is 58.3 Å². The third kappa shape index (κ3) is 5.20. The molecule has 1 amide bonds. The van der Waals surface area contributed by atoms with Gasteiger partial charge < -0.3 is 24.4 Å². The van der Waals surface area contributed by atoms with Crippen molar-refractivity contribution in [1.29, 1.82) is 0 Å². The lowest BCUT2D eigenvalue weighted by Crippen LogP contribution is -2.46. The van der Waals surface area contributed by atoms with E-state index in [1.54, 1.807) is 27.4 Å². The Morgan fingerprint density at radius 3 is 2.46 bits per heavy atom. The lowest BCUT2D eigenvalue weighted by Gasteiger charge is -2.30. The van der Waals surface area contributed by atoms with Crippen LogP contribution in [0.1, 0.15) is 42.9 Å². The van der Waals surface area contributed by atoms with Crippen LogP contribution in [0.25, 0.3) is 17.2 Å². The zero-order valence-electron chi connectivity index (χ0n) is 21.0. The largest absolute Gasteiger partial charge is 0.493 e. The number of likely N-dealkylation sites (tertiary alicyclic amines) is 1. The van der Waals surface area contributed by atoms with Gasteiger partial charge in [0.15, 0.2) is 11.5 Å². The summed E-state index contributed by atoms with van der Waals surface area (Å²) in [6.45, 7) is 3.89. The van der Waals surface area contributed by atoms with Gasteiger partial charge in [-0.3, -0.25) is 4.79 Å². The van der Waals surface area contributed by atoms with Crippen molar-refractivity contribution >= 4 is 23.1 Å². The molecule has 0 bridgehead atoms. The number of allylic oxidation sites excluding steroid dienone is 2. The van der Waals surface area contributed by atoms with Gasteiger partial charge in [0.1, 0.15) is 5.82 Å². The number of amides is 1. The van der Waals surface area contributed by atoms with Gasteiger partial charge in [0.25, 0.3) is 0 Å². The molecule has 1 heterocycles. The molecule has 0 spiro atoms. The molecule has 35 heavy (non-hydrogen) atoms. The van der Waals surface area contributed by atoms with E-state index in [1.165, 1.54) is 12.1 Å². The predicted octanol–water partition coefficient (Wildman–Crippen LogP) is 4.78. The van der Waals surface area contributed by atoms with E-state index in [-0.39, 0.29) is 24.2 Å². The molecule has 186 valence electrons. The molecule has 0 saturated carbocycles. The minimum Gasteiger partial charge on any atom is -0.493 e. The molecule has 6 nitrogen and oxygen atoms in total. The number of nitrogens with one attached hydrogen (secondary N) is 1. The van der Waals surface area contributed by atoms with E-state index < -0.39 is 0 Å². The minimum absolute atomic E-state index is 0.0381. The number of fused-ring (bicyclic) bond motifs is 1. The summed E-state index contributed by atoms with van der Waals surface area (Å²) >= 11 is 0. The van der Waals surface area contributed by atoms with E-state index in [2.05, 4.69) is 17.3 Å². The number of benzene rings is 2. The van der Waals surface area contributed by atoms with E-state index in [4.69, 9.17) is 14.2 Å². The van der Waals surface area contributed by atoms with Crippen LogP contribution >= 0.6 is 0 Å². The molecular formula is C28H33FN2O4. The first-order chi connectivity index (χ1) is 16.8. The Morgan fingerprint density at radius 2 is 1.83 bits per heavy atom. The minimum atomic E-state index is -0.322. The van der Waals surface area contributed by atoms with Crippen molar-refractivity contribution in [3.63, 3.8) is 0 Å². The number of piperidine rings is 1. The first-order valence-corrected chi connectivity index (χ1v) is 11.8. The Balaban J connectivity index is 1.69. The van der Waals surface area contributed by atoms with Crippen LogP contribution in [0.2, 0.25) is 0 Å². The highest BCUT2D eigenvalue weighted by atomic mass is 19.1. The summed E-state index contributed by atoms with van der Waals surface area (Å²) in [5.41, 5.74) is 5.25. The number of halogens is 1. The van der Waals surface area contributed by atoms with E-state index >= 15 is 0 Å². The fourth-order valence-electron chi connectivity index (χ4n) is 5.06. The molecule has 0 aromatic heterocycles.